The van der Waals surface area contributed by atoms with E-state index in [9.17, 15) is 0 Å². The van der Waals surface area contributed by atoms with Crippen LogP contribution in [0.15, 0.2) is 21.2 Å². The van der Waals surface area contributed by atoms with Gasteiger partial charge in [0.05, 0.1) is 16.8 Å². The van der Waals surface area contributed by atoms with Crippen molar-refractivity contribution in [3.63, 3.8) is 0 Å². The average molecular weight is 287 g/mol. The molecule has 90 valence electrons. The summed E-state index contributed by atoms with van der Waals surface area (Å²) in [6.07, 6.45) is 3.00. The Morgan fingerprint density at radius 1 is 1.62 bits per heavy atom. The normalized spacial score (nSPS) is 26.4. The van der Waals surface area contributed by atoms with E-state index in [1.807, 2.05) is 6.07 Å². The summed E-state index contributed by atoms with van der Waals surface area (Å²) >= 11 is 3.56. The molecule has 0 aliphatic carbocycles. The SMILES string of the molecule is CCNCC1CCN(C)C1c1occc1Br. The zero-order valence-electron chi connectivity index (χ0n) is 9.87. The second kappa shape index (κ2) is 5.34. The molecule has 1 aromatic rings. The molecule has 0 spiro atoms. The molecule has 2 unspecified atom stereocenters. The van der Waals surface area contributed by atoms with E-state index in [-0.39, 0.29) is 0 Å². The highest BCUT2D eigenvalue weighted by atomic mass is 79.9. The molecule has 16 heavy (non-hydrogen) atoms. The van der Waals surface area contributed by atoms with Crippen LogP contribution in [0.25, 0.3) is 0 Å². The number of nitrogens with one attached hydrogen (secondary N) is 1. The van der Waals surface area contributed by atoms with E-state index >= 15 is 0 Å². The first-order chi connectivity index (χ1) is 7.74. The third-order valence-corrected chi connectivity index (χ3v) is 4.00. The van der Waals surface area contributed by atoms with E-state index in [4.69, 9.17) is 4.42 Å². The first kappa shape index (κ1) is 12.1. The molecule has 3 nitrogen and oxygen atoms in total. The highest BCUT2D eigenvalue weighted by molar-refractivity contribution is 9.10. The number of hydrogen-bond acceptors (Lipinski definition) is 3. The van der Waals surface area contributed by atoms with Gasteiger partial charge in [0.2, 0.25) is 0 Å². The highest BCUT2D eigenvalue weighted by Gasteiger charge is 2.35. The van der Waals surface area contributed by atoms with Gasteiger partial charge >= 0.3 is 0 Å². The standard InChI is InChI=1S/C12H19BrN2O/c1-3-14-8-9-4-6-15(2)11(9)12-10(13)5-7-16-12/h5,7,9,11,14H,3-4,6,8H2,1-2H3. The van der Waals surface area contributed by atoms with Crippen LogP contribution in [0.1, 0.15) is 25.1 Å². The summed E-state index contributed by atoms with van der Waals surface area (Å²) in [5, 5.41) is 3.44. The third-order valence-electron chi connectivity index (χ3n) is 3.34. The van der Waals surface area contributed by atoms with E-state index < -0.39 is 0 Å². The minimum absolute atomic E-state index is 0.406. The lowest BCUT2D eigenvalue weighted by atomic mass is 9.98. The molecule has 4 heteroatoms. The minimum atomic E-state index is 0.406. The summed E-state index contributed by atoms with van der Waals surface area (Å²) in [5.74, 6) is 1.72. The molecule has 2 heterocycles. The van der Waals surface area contributed by atoms with Crippen LogP contribution in [-0.4, -0.2) is 31.6 Å². The summed E-state index contributed by atoms with van der Waals surface area (Å²) in [6, 6.07) is 2.38. The van der Waals surface area contributed by atoms with Crippen LogP contribution in [0.4, 0.5) is 0 Å². The molecule has 2 rings (SSSR count). The van der Waals surface area contributed by atoms with Gasteiger partial charge < -0.3 is 9.73 Å². The summed E-state index contributed by atoms with van der Waals surface area (Å²) < 4.78 is 6.70. The van der Waals surface area contributed by atoms with Gasteiger partial charge in [0.1, 0.15) is 5.76 Å². The molecule has 1 aliphatic rings. The lowest BCUT2D eigenvalue weighted by molar-refractivity contribution is 0.234. The predicted octanol–water partition coefficient (Wildman–Crippen LogP) is 2.64. The molecule has 1 saturated heterocycles. The Labute approximate surface area is 105 Å². The molecule has 1 aromatic heterocycles. The Morgan fingerprint density at radius 2 is 2.44 bits per heavy atom. The Kier molecular flexibility index (Phi) is 4.05. The zero-order valence-corrected chi connectivity index (χ0v) is 11.5. The summed E-state index contributed by atoms with van der Waals surface area (Å²) in [7, 11) is 2.17. The Morgan fingerprint density at radius 3 is 3.06 bits per heavy atom. The fraction of sp³-hybridized carbons (Fsp3) is 0.667. The number of nitrogens with zero attached hydrogens (tertiary/aromatic N) is 1. The Bertz CT molecular complexity index is 340. The van der Waals surface area contributed by atoms with Crippen molar-refractivity contribution in [1.29, 1.82) is 0 Å². The minimum Gasteiger partial charge on any atom is -0.466 e. The predicted molar refractivity (Wildman–Crippen MR) is 68.4 cm³/mol. The fourth-order valence-electron chi connectivity index (χ4n) is 2.50. The summed E-state index contributed by atoms with van der Waals surface area (Å²) in [4.78, 5) is 2.38. The molecule has 0 radical (unpaired) electrons. The van der Waals surface area contributed by atoms with Crippen molar-refractivity contribution in [2.24, 2.45) is 5.92 Å². The third kappa shape index (κ3) is 2.34. The number of rotatable bonds is 4. The molecule has 0 amide bonds. The number of likely N-dealkylation sites (tertiary alicyclic amines) is 1. The lowest BCUT2D eigenvalue weighted by Gasteiger charge is -2.23. The van der Waals surface area contributed by atoms with Crippen LogP contribution in [-0.2, 0) is 0 Å². The average Bonchev–Trinajstić information content (AvgIpc) is 2.82. The molecule has 0 saturated carbocycles. The van der Waals surface area contributed by atoms with Gasteiger partial charge in [-0.2, -0.15) is 0 Å². The van der Waals surface area contributed by atoms with Crippen LogP contribution >= 0.6 is 15.9 Å². The second-order valence-corrected chi connectivity index (χ2v) is 5.27. The van der Waals surface area contributed by atoms with Crippen molar-refractivity contribution in [2.75, 3.05) is 26.7 Å². The highest BCUT2D eigenvalue weighted by Crippen LogP contribution is 2.39. The number of furan rings is 1. The number of hydrogen-bond donors (Lipinski definition) is 1. The van der Waals surface area contributed by atoms with E-state index in [0.29, 0.717) is 12.0 Å². The first-order valence-electron chi connectivity index (χ1n) is 5.88. The smallest absolute Gasteiger partial charge is 0.135 e. The Balaban J connectivity index is 2.13. The molecule has 1 aliphatic heterocycles. The Hall–Kier alpha value is -0.320. The van der Waals surface area contributed by atoms with Gasteiger partial charge in [0, 0.05) is 0 Å². The van der Waals surface area contributed by atoms with E-state index in [1.165, 1.54) is 6.42 Å². The van der Waals surface area contributed by atoms with Crippen LogP contribution < -0.4 is 5.32 Å². The van der Waals surface area contributed by atoms with E-state index in [1.54, 1.807) is 6.26 Å². The number of halogens is 1. The van der Waals surface area contributed by atoms with Gasteiger partial charge in [-0.1, -0.05) is 6.92 Å². The van der Waals surface area contributed by atoms with Crippen molar-refractivity contribution in [2.45, 2.75) is 19.4 Å². The van der Waals surface area contributed by atoms with Gasteiger partial charge in [-0.25, -0.2) is 0 Å². The van der Waals surface area contributed by atoms with Crippen LogP contribution in [0.3, 0.4) is 0 Å². The molecule has 1 N–H and O–H groups in total. The maximum atomic E-state index is 5.61. The maximum absolute atomic E-state index is 5.61. The van der Waals surface area contributed by atoms with Gasteiger partial charge in [0.15, 0.2) is 0 Å². The second-order valence-electron chi connectivity index (χ2n) is 4.41. The monoisotopic (exact) mass is 286 g/mol. The largest absolute Gasteiger partial charge is 0.466 e. The fourth-order valence-corrected chi connectivity index (χ4v) is 2.94. The maximum Gasteiger partial charge on any atom is 0.135 e. The van der Waals surface area contributed by atoms with Crippen LogP contribution in [0.2, 0.25) is 0 Å². The quantitative estimate of drug-likeness (QED) is 0.923. The van der Waals surface area contributed by atoms with Crippen molar-refractivity contribution in [3.8, 4) is 0 Å². The molecule has 1 fully saturated rings. The van der Waals surface area contributed by atoms with E-state index in [2.05, 4.69) is 40.1 Å². The topological polar surface area (TPSA) is 28.4 Å². The van der Waals surface area contributed by atoms with Crippen LogP contribution in [0, 0.1) is 5.92 Å². The van der Waals surface area contributed by atoms with Gasteiger partial charge in [-0.05, 0) is 61.0 Å². The van der Waals surface area contributed by atoms with Crippen molar-refractivity contribution in [1.82, 2.24) is 10.2 Å². The molecular weight excluding hydrogens is 268 g/mol. The van der Waals surface area contributed by atoms with Crippen molar-refractivity contribution in [3.05, 3.63) is 22.6 Å². The summed E-state index contributed by atoms with van der Waals surface area (Å²) in [6.45, 7) is 5.40. The molecule has 0 bridgehead atoms. The van der Waals surface area contributed by atoms with Gasteiger partial charge in [0.25, 0.3) is 0 Å². The molecular formula is C12H19BrN2O. The zero-order chi connectivity index (χ0) is 11.5. The van der Waals surface area contributed by atoms with E-state index in [0.717, 1.165) is 29.9 Å². The summed E-state index contributed by atoms with van der Waals surface area (Å²) in [5.41, 5.74) is 0. The lowest BCUT2D eigenvalue weighted by Crippen LogP contribution is -2.28. The molecule has 2 atom stereocenters. The first-order valence-corrected chi connectivity index (χ1v) is 6.67. The van der Waals surface area contributed by atoms with Gasteiger partial charge in [-0.15, -0.1) is 0 Å². The van der Waals surface area contributed by atoms with Gasteiger partial charge in [-0.3, -0.25) is 4.90 Å². The van der Waals surface area contributed by atoms with Crippen molar-refractivity contribution >= 4 is 15.9 Å². The van der Waals surface area contributed by atoms with Crippen molar-refractivity contribution < 1.29 is 4.42 Å². The molecule has 0 aromatic carbocycles. The van der Waals surface area contributed by atoms with Crippen LogP contribution in [0.5, 0.6) is 0 Å².